The molecule has 1 aromatic heterocycles. The molecule has 4 heteroatoms. The van der Waals surface area contributed by atoms with Gasteiger partial charge in [0.1, 0.15) is 18.1 Å². The Morgan fingerprint density at radius 3 is 2.67 bits per heavy atom. The topological polar surface area (TPSA) is 37.6 Å². The first-order valence-corrected chi connectivity index (χ1v) is 6.58. The lowest BCUT2D eigenvalue weighted by Gasteiger charge is -2.08. The summed E-state index contributed by atoms with van der Waals surface area (Å²) in [7, 11) is 4.07. The summed E-state index contributed by atoms with van der Waals surface area (Å²) in [6, 6.07) is 4.00. The van der Waals surface area contributed by atoms with Crippen LogP contribution in [-0.2, 0) is 17.9 Å². The van der Waals surface area contributed by atoms with Gasteiger partial charge in [-0.3, -0.25) is 0 Å². The monoisotopic (exact) mass is 254 g/mol. The summed E-state index contributed by atoms with van der Waals surface area (Å²) in [6.07, 6.45) is 0. The number of hydrogen-bond donors (Lipinski definition) is 1. The molecule has 1 heterocycles. The number of ether oxygens (including phenoxy) is 1. The summed E-state index contributed by atoms with van der Waals surface area (Å²) in [6.45, 7) is 8.40. The average Bonchev–Trinajstić information content (AvgIpc) is 2.72. The van der Waals surface area contributed by atoms with Crippen LogP contribution < -0.4 is 5.32 Å². The summed E-state index contributed by atoms with van der Waals surface area (Å²) in [4.78, 5) is 2.10. The van der Waals surface area contributed by atoms with Crippen LogP contribution in [0.2, 0.25) is 0 Å². The molecule has 0 saturated carbocycles. The van der Waals surface area contributed by atoms with Crippen LogP contribution in [0.25, 0.3) is 0 Å². The molecule has 0 aliphatic heterocycles. The molecule has 1 aromatic rings. The van der Waals surface area contributed by atoms with E-state index in [-0.39, 0.29) is 0 Å². The molecule has 0 spiro atoms. The lowest BCUT2D eigenvalue weighted by molar-refractivity contribution is 0.0918. The normalized spacial score (nSPS) is 11.7. The Balaban J connectivity index is 2.17. The fourth-order valence-electron chi connectivity index (χ4n) is 1.50. The van der Waals surface area contributed by atoms with Crippen LogP contribution in [0.15, 0.2) is 16.5 Å². The first-order valence-electron chi connectivity index (χ1n) is 6.58. The smallest absolute Gasteiger partial charge is 0.129 e. The van der Waals surface area contributed by atoms with Crippen molar-refractivity contribution < 1.29 is 9.15 Å². The van der Waals surface area contributed by atoms with Crippen molar-refractivity contribution in [3.63, 3.8) is 0 Å². The van der Waals surface area contributed by atoms with Crippen molar-refractivity contribution in [2.24, 2.45) is 5.92 Å². The zero-order valence-electron chi connectivity index (χ0n) is 12.0. The molecule has 18 heavy (non-hydrogen) atoms. The van der Waals surface area contributed by atoms with Gasteiger partial charge in [0.25, 0.3) is 0 Å². The van der Waals surface area contributed by atoms with E-state index < -0.39 is 0 Å². The number of rotatable bonds is 9. The summed E-state index contributed by atoms with van der Waals surface area (Å²) < 4.78 is 11.2. The number of nitrogens with one attached hydrogen (secondary N) is 1. The third-order valence-corrected chi connectivity index (χ3v) is 2.50. The molecule has 0 aliphatic rings. The van der Waals surface area contributed by atoms with Crippen LogP contribution in [0, 0.1) is 5.92 Å². The first kappa shape index (κ1) is 15.2. The molecule has 0 saturated heterocycles. The molecule has 1 rings (SSSR count). The second-order valence-electron chi connectivity index (χ2n) is 5.25. The van der Waals surface area contributed by atoms with E-state index >= 15 is 0 Å². The fourth-order valence-corrected chi connectivity index (χ4v) is 1.50. The first-order chi connectivity index (χ1) is 8.58. The van der Waals surface area contributed by atoms with E-state index in [1.54, 1.807) is 0 Å². The van der Waals surface area contributed by atoms with Crippen molar-refractivity contribution in [1.29, 1.82) is 0 Å². The van der Waals surface area contributed by atoms with Crippen molar-refractivity contribution in [3.8, 4) is 0 Å². The molecule has 0 fully saturated rings. The van der Waals surface area contributed by atoms with Crippen molar-refractivity contribution in [2.45, 2.75) is 27.0 Å². The molecular formula is C14H26N2O2. The van der Waals surface area contributed by atoms with Crippen LogP contribution in [0.1, 0.15) is 25.4 Å². The SMILES string of the molecule is CC(C)CNCc1ccc(COCCN(C)C)o1. The van der Waals surface area contributed by atoms with Gasteiger partial charge in [-0.05, 0) is 38.7 Å². The second kappa shape index (κ2) is 8.29. The fraction of sp³-hybridized carbons (Fsp3) is 0.714. The molecule has 0 aliphatic carbocycles. The van der Waals surface area contributed by atoms with E-state index in [2.05, 4.69) is 24.1 Å². The Labute approximate surface area is 110 Å². The maximum atomic E-state index is 5.67. The predicted octanol–water partition coefficient (Wildman–Crippen LogP) is 2.10. The van der Waals surface area contributed by atoms with Crippen LogP contribution in [0.5, 0.6) is 0 Å². The standard InChI is InChI=1S/C14H26N2O2/c1-12(2)9-15-10-13-5-6-14(18-13)11-17-8-7-16(3)4/h5-6,12,15H,7-11H2,1-4H3. The molecule has 0 bridgehead atoms. The van der Waals surface area contributed by atoms with E-state index in [9.17, 15) is 0 Å². The van der Waals surface area contributed by atoms with Gasteiger partial charge in [-0.1, -0.05) is 13.8 Å². The summed E-state index contributed by atoms with van der Waals surface area (Å²) in [5.41, 5.74) is 0. The van der Waals surface area contributed by atoms with E-state index in [0.29, 0.717) is 12.5 Å². The molecule has 104 valence electrons. The summed E-state index contributed by atoms with van der Waals surface area (Å²) in [5.74, 6) is 2.53. The zero-order valence-corrected chi connectivity index (χ0v) is 12.0. The van der Waals surface area contributed by atoms with Gasteiger partial charge in [0.2, 0.25) is 0 Å². The van der Waals surface area contributed by atoms with Gasteiger partial charge in [0.15, 0.2) is 0 Å². The van der Waals surface area contributed by atoms with Gasteiger partial charge < -0.3 is 19.4 Å². The minimum absolute atomic E-state index is 0.554. The van der Waals surface area contributed by atoms with Crippen LogP contribution >= 0.6 is 0 Å². The van der Waals surface area contributed by atoms with Crippen LogP contribution in [0.3, 0.4) is 0 Å². The highest BCUT2D eigenvalue weighted by atomic mass is 16.5. The Hall–Kier alpha value is -0.840. The van der Waals surface area contributed by atoms with Gasteiger partial charge in [0, 0.05) is 6.54 Å². The van der Waals surface area contributed by atoms with Gasteiger partial charge in [-0.15, -0.1) is 0 Å². The molecule has 0 radical (unpaired) electrons. The Morgan fingerprint density at radius 2 is 2.00 bits per heavy atom. The molecule has 0 unspecified atom stereocenters. The Bertz CT molecular complexity index is 321. The largest absolute Gasteiger partial charge is 0.462 e. The van der Waals surface area contributed by atoms with Crippen molar-refractivity contribution in [3.05, 3.63) is 23.7 Å². The van der Waals surface area contributed by atoms with Gasteiger partial charge in [-0.2, -0.15) is 0 Å². The minimum Gasteiger partial charge on any atom is -0.462 e. The van der Waals surface area contributed by atoms with Crippen molar-refractivity contribution in [1.82, 2.24) is 10.2 Å². The number of hydrogen-bond acceptors (Lipinski definition) is 4. The average molecular weight is 254 g/mol. The minimum atomic E-state index is 0.554. The third-order valence-electron chi connectivity index (χ3n) is 2.50. The second-order valence-corrected chi connectivity index (χ2v) is 5.25. The van der Waals surface area contributed by atoms with Gasteiger partial charge in [-0.25, -0.2) is 0 Å². The Kier molecular flexibility index (Phi) is 7.01. The summed E-state index contributed by atoms with van der Waals surface area (Å²) in [5, 5.41) is 3.36. The number of nitrogens with zero attached hydrogens (tertiary/aromatic N) is 1. The lowest BCUT2D eigenvalue weighted by atomic mass is 10.2. The highest BCUT2D eigenvalue weighted by Crippen LogP contribution is 2.09. The highest BCUT2D eigenvalue weighted by Gasteiger charge is 2.02. The van der Waals surface area contributed by atoms with Gasteiger partial charge in [0.05, 0.1) is 13.2 Å². The number of likely N-dealkylation sites (N-methyl/N-ethyl adjacent to an activating group) is 1. The van der Waals surface area contributed by atoms with E-state index in [1.807, 2.05) is 26.2 Å². The zero-order chi connectivity index (χ0) is 13.4. The summed E-state index contributed by atoms with van der Waals surface area (Å²) >= 11 is 0. The predicted molar refractivity (Wildman–Crippen MR) is 73.5 cm³/mol. The van der Waals surface area contributed by atoms with E-state index in [0.717, 1.165) is 37.8 Å². The maximum absolute atomic E-state index is 5.67. The van der Waals surface area contributed by atoms with Gasteiger partial charge >= 0.3 is 0 Å². The quantitative estimate of drug-likeness (QED) is 0.685. The molecular weight excluding hydrogens is 228 g/mol. The van der Waals surface area contributed by atoms with E-state index in [4.69, 9.17) is 9.15 Å². The third kappa shape index (κ3) is 6.79. The lowest BCUT2D eigenvalue weighted by Crippen LogP contribution is -2.18. The van der Waals surface area contributed by atoms with Crippen molar-refractivity contribution in [2.75, 3.05) is 33.8 Å². The maximum Gasteiger partial charge on any atom is 0.129 e. The number of furan rings is 1. The molecule has 0 atom stereocenters. The molecule has 1 N–H and O–H groups in total. The molecule has 0 amide bonds. The molecule has 4 nitrogen and oxygen atoms in total. The molecule has 0 aromatic carbocycles. The Morgan fingerprint density at radius 1 is 1.28 bits per heavy atom. The van der Waals surface area contributed by atoms with E-state index in [1.165, 1.54) is 0 Å². The van der Waals surface area contributed by atoms with Crippen molar-refractivity contribution >= 4 is 0 Å². The van der Waals surface area contributed by atoms with Crippen LogP contribution in [-0.4, -0.2) is 38.7 Å². The van der Waals surface area contributed by atoms with Crippen LogP contribution in [0.4, 0.5) is 0 Å². The highest BCUT2D eigenvalue weighted by molar-refractivity contribution is 5.06.